The third kappa shape index (κ3) is 7.23. The Labute approximate surface area is 252 Å². The fourth-order valence-electron chi connectivity index (χ4n) is 5.21. The van der Waals surface area contributed by atoms with Gasteiger partial charge in [-0.2, -0.15) is 10.2 Å². The number of aromatic nitrogens is 2. The summed E-state index contributed by atoms with van der Waals surface area (Å²) in [5.41, 5.74) is 3.16. The van der Waals surface area contributed by atoms with Crippen molar-refractivity contribution in [1.29, 1.82) is 5.26 Å². The van der Waals surface area contributed by atoms with Gasteiger partial charge in [-0.25, -0.2) is 4.98 Å². The van der Waals surface area contributed by atoms with Gasteiger partial charge in [0.1, 0.15) is 17.4 Å². The second-order valence-corrected chi connectivity index (χ2v) is 11.0. The molecule has 3 heterocycles. The van der Waals surface area contributed by atoms with E-state index in [9.17, 15) is 10.1 Å². The standard InChI is InChI=1S/C32H38N8O3/c1-5-30(41)35-28-16-24(40-14-12-23(13-15-40)39(4)25-19-42-20-25)10-11-26(28)37-32-34-18-22(17-33)31(38-32)36-27-8-6-7-9-29(27)43-21(2)3/h5-11,16,18,21,23,25H,1,12-15,19-20H2,2-4H3,(H,35,41)(H2,34,36,37,38). The van der Waals surface area contributed by atoms with Crippen LogP contribution in [0.5, 0.6) is 5.75 Å². The van der Waals surface area contributed by atoms with E-state index in [0.29, 0.717) is 40.7 Å². The van der Waals surface area contributed by atoms with Crippen molar-refractivity contribution < 1.29 is 14.3 Å². The SMILES string of the molecule is C=CC(=O)Nc1cc(N2CCC(N(C)C3COC3)CC2)ccc1Nc1ncc(C#N)c(Nc2ccccc2OC(C)C)n1. The Morgan fingerprint density at radius 3 is 2.58 bits per heavy atom. The van der Waals surface area contributed by atoms with E-state index in [-0.39, 0.29) is 23.5 Å². The molecule has 0 saturated carbocycles. The van der Waals surface area contributed by atoms with Crippen LogP contribution in [-0.2, 0) is 9.53 Å². The molecule has 224 valence electrons. The van der Waals surface area contributed by atoms with Crippen LogP contribution in [0.1, 0.15) is 32.3 Å². The van der Waals surface area contributed by atoms with Crippen LogP contribution in [0.3, 0.4) is 0 Å². The van der Waals surface area contributed by atoms with Crippen LogP contribution < -0.4 is 25.6 Å². The van der Waals surface area contributed by atoms with E-state index in [0.717, 1.165) is 44.8 Å². The molecule has 5 rings (SSSR count). The zero-order chi connectivity index (χ0) is 30.3. The predicted octanol–water partition coefficient (Wildman–Crippen LogP) is 5.05. The number of carbonyl (C=O) groups excluding carboxylic acids is 1. The highest BCUT2D eigenvalue weighted by atomic mass is 16.5. The first-order chi connectivity index (χ1) is 20.8. The largest absolute Gasteiger partial charge is 0.489 e. The Kier molecular flexibility index (Phi) is 9.39. The average Bonchev–Trinajstić information content (AvgIpc) is 2.98. The van der Waals surface area contributed by atoms with Crippen LogP contribution in [0.2, 0.25) is 0 Å². The van der Waals surface area contributed by atoms with E-state index in [4.69, 9.17) is 9.47 Å². The van der Waals surface area contributed by atoms with Crippen molar-refractivity contribution in [2.45, 2.75) is 44.9 Å². The van der Waals surface area contributed by atoms with Gasteiger partial charge in [0, 0.05) is 24.8 Å². The summed E-state index contributed by atoms with van der Waals surface area (Å²) < 4.78 is 11.3. The number of nitrogens with zero attached hydrogens (tertiary/aromatic N) is 5. The molecule has 0 atom stereocenters. The third-order valence-corrected chi connectivity index (χ3v) is 7.71. The zero-order valence-electron chi connectivity index (χ0n) is 24.8. The van der Waals surface area contributed by atoms with Gasteiger partial charge in [-0.1, -0.05) is 18.7 Å². The molecule has 0 unspecified atom stereocenters. The molecule has 1 amide bonds. The van der Waals surface area contributed by atoms with Gasteiger partial charge >= 0.3 is 0 Å². The van der Waals surface area contributed by atoms with Crippen LogP contribution in [0, 0.1) is 11.3 Å². The van der Waals surface area contributed by atoms with Crippen molar-refractivity contribution in [3.8, 4) is 11.8 Å². The Hall–Kier alpha value is -4.66. The number of para-hydroxylation sites is 2. The van der Waals surface area contributed by atoms with Crippen molar-refractivity contribution in [2.75, 3.05) is 54.2 Å². The van der Waals surface area contributed by atoms with Crippen molar-refractivity contribution in [3.63, 3.8) is 0 Å². The second-order valence-electron chi connectivity index (χ2n) is 11.0. The minimum atomic E-state index is -0.326. The molecule has 11 heteroatoms. The highest BCUT2D eigenvalue weighted by molar-refractivity contribution is 6.02. The molecule has 11 nitrogen and oxygen atoms in total. The van der Waals surface area contributed by atoms with E-state index in [1.165, 1.54) is 12.3 Å². The van der Waals surface area contributed by atoms with Crippen molar-refractivity contribution >= 4 is 40.4 Å². The molecule has 3 N–H and O–H groups in total. The molecule has 3 aromatic rings. The first-order valence-electron chi connectivity index (χ1n) is 14.5. The normalized spacial score (nSPS) is 15.5. The summed E-state index contributed by atoms with van der Waals surface area (Å²) in [6.45, 7) is 11.0. The number of hydrogen-bond acceptors (Lipinski definition) is 10. The fourth-order valence-corrected chi connectivity index (χ4v) is 5.21. The van der Waals surface area contributed by atoms with E-state index in [1.54, 1.807) is 0 Å². The van der Waals surface area contributed by atoms with Crippen molar-refractivity contribution in [3.05, 3.63) is 66.9 Å². The number of anilines is 6. The van der Waals surface area contributed by atoms with Gasteiger partial charge in [0.05, 0.1) is 48.6 Å². The van der Waals surface area contributed by atoms with Crippen molar-refractivity contribution in [2.24, 2.45) is 0 Å². The molecule has 2 aliphatic rings. The summed E-state index contributed by atoms with van der Waals surface area (Å²) in [5.74, 6) is 0.907. The molecule has 2 aliphatic heterocycles. The van der Waals surface area contributed by atoms with Gasteiger partial charge in [0.2, 0.25) is 11.9 Å². The number of piperidine rings is 1. The highest BCUT2D eigenvalue weighted by Crippen LogP contribution is 2.33. The van der Waals surface area contributed by atoms with Crippen LogP contribution >= 0.6 is 0 Å². The van der Waals surface area contributed by atoms with Crippen molar-refractivity contribution in [1.82, 2.24) is 14.9 Å². The lowest BCUT2D eigenvalue weighted by Crippen LogP contribution is -2.54. The number of hydrogen-bond donors (Lipinski definition) is 3. The first kappa shape index (κ1) is 29.8. The number of nitriles is 1. The van der Waals surface area contributed by atoms with Crippen LogP contribution in [0.4, 0.5) is 34.5 Å². The van der Waals surface area contributed by atoms with E-state index < -0.39 is 0 Å². The maximum Gasteiger partial charge on any atom is 0.247 e. The van der Waals surface area contributed by atoms with Gasteiger partial charge < -0.3 is 30.3 Å². The number of rotatable bonds is 11. The number of ether oxygens (including phenoxy) is 2. The summed E-state index contributed by atoms with van der Waals surface area (Å²) in [6.07, 6.45) is 4.78. The fraction of sp³-hybridized carbons (Fsp3) is 0.375. The Bertz CT molecular complexity index is 1490. The third-order valence-electron chi connectivity index (χ3n) is 7.71. The van der Waals surface area contributed by atoms with Gasteiger partial charge in [0.15, 0.2) is 5.82 Å². The number of likely N-dealkylation sites (N-methyl/N-ethyl adjacent to an activating group) is 1. The number of amides is 1. The second kappa shape index (κ2) is 13.5. The van der Waals surface area contributed by atoms with Gasteiger partial charge in [-0.05, 0) is 70.1 Å². The Morgan fingerprint density at radius 1 is 1.14 bits per heavy atom. The highest BCUT2D eigenvalue weighted by Gasteiger charge is 2.31. The van der Waals surface area contributed by atoms with Gasteiger partial charge in [-0.3, -0.25) is 9.69 Å². The van der Waals surface area contributed by atoms with E-state index >= 15 is 0 Å². The zero-order valence-corrected chi connectivity index (χ0v) is 24.8. The number of carbonyl (C=O) groups is 1. The van der Waals surface area contributed by atoms with Crippen LogP contribution in [-0.4, -0.2) is 72.3 Å². The van der Waals surface area contributed by atoms with E-state index in [1.807, 2.05) is 56.3 Å². The minimum Gasteiger partial charge on any atom is -0.489 e. The summed E-state index contributed by atoms with van der Waals surface area (Å²) in [4.78, 5) is 26.1. The van der Waals surface area contributed by atoms with Gasteiger partial charge in [-0.15, -0.1) is 0 Å². The smallest absolute Gasteiger partial charge is 0.247 e. The quantitative estimate of drug-likeness (QED) is 0.264. The predicted molar refractivity (Wildman–Crippen MR) is 168 cm³/mol. The molecule has 2 aromatic carbocycles. The number of nitrogens with one attached hydrogen (secondary N) is 3. The maximum absolute atomic E-state index is 12.4. The minimum absolute atomic E-state index is 0.0247. The first-order valence-corrected chi connectivity index (χ1v) is 14.5. The van der Waals surface area contributed by atoms with E-state index in [2.05, 4.69) is 55.4 Å². The Balaban J connectivity index is 1.35. The molecule has 0 radical (unpaired) electrons. The molecule has 0 spiro atoms. The lowest BCUT2D eigenvalue weighted by atomic mass is 10.0. The molecule has 1 aromatic heterocycles. The molecule has 0 aliphatic carbocycles. The Morgan fingerprint density at radius 2 is 1.91 bits per heavy atom. The maximum atomic E-state index is 12.4. The molecular formula is C32H38N8O3. The summed E-state index contributed by atoms with van der Waals surface area (Å²) in [5, 5.41) is 19.1. The lowest BCUT2D eigenvalue weighted by molar-refractivity contribution is -0.111. The van der Waals surface area contributed by atoms with Gasteiger partial charge in [0.25, 0.3) is 0 Å². The monoisotopic (exact) mass is 582 g/mol. The topological polar surface area (TPSA) is 128 Å². The number of benzene rings is 2. The van der Waals surface area contributed by atoms with Crippen LogP contribution in [0.15, 0.2) is 61.3 Å². The lowest BCUT2D eigenvalue weighted by Gasteiger charge is -2.43. The molecule has 2 fully saturated rings. The molecule has 43 heavy (non-hydrogen) atoms. The average molecular weight is 583 g/mol. The summed E-state index contributed by atoms with van der Waals surface area (Å²) in [6, 6.07) is 16.6. The summed E-state index contributed by atoms with van der Waals surface area (Å²) >= 11 is 0. The molecule has 2 saturated heterocycles. The molecular weight excluding hydrogens is 544 g/mol. The summed E-state index contributed by atoms with van der Waals surface area (Å²) in [7, 11) is 2.20. The molecule has 0 bridgehead atoms. The van der Waals surface area contributed by atoms with Crippen LogP contribution in [0.25, 0.3) is 0 Å².